The monoisotopic (exact) mass is 484 g/mol. The molecule has 0 aliphatic carbocycles. The van der Waals surface area contributed by atoms with Crippen LogP contribution in [0.2, 0.25) is 0 Å². The number of rotatable bonds is 4. The van der Waals surface area contributed by atoms with Gasteiger partial charge in [0.15, 0.2) is 0 Å². The van der Waals surface area contributed by atoms with Crippen LogP contribution in [0.4, 0.5) is 11.4 Å². The summed E-state index contributed by atoms with van der Waals surface area (Å²) in [6.45, 7) is 4.64. The molecule has 3 aromatic carbocycles. The van der Waals surface area contributed by atoms with Crippen molar-refractivity contribution in [3.63, 3.8) is 0 Å². The van der Waals surface area contributed by atoms with Crippen LogP contribution >= 0.6 is 0 Å². The van der Waals surface area contributed by atoms with Crippen LogP contribution in [0.25, 0.3) is 11.1 Å². The Balaban J connectivity index is 1.27. The summed E-state index contributed by atoms with van der Waals surface area (Å²) in [6.07, 6.45) is 3.45. The fraction of sp³-hybridized carbons (Fsp3) is 0.219. The first kappa shape index (κ1) is 23.1. The smallest absolute Gasteiger partial charge is 0.242 e. The van der Waals surface area contributed by atoms with E-state index in [0.717, 1.165) is 66.2 Å². The van der Waals surface area contributed by atoms with Gasteiger partial charge >= 0.3 is 0 Å². The van der Waals surface area contributed by atoms with Crippen molar-refractivity contribution in [1.29, 1.82) is 5.26 Å². The van der Waals surface area contributed by atoms with E-state index in [0.29, 0.717) is 5.56 Å². The van der Waals surface area contributed by atoms with Crippen LogP contribution in [0.3, 0.4) is 0 Å². The molecule has 2 aliphatic rings. The number of nitriles is 1. The third-order valence-electron chi connectivity index (χ3n) is 7.92. The van der Waals surface area contributed by atoms with Gasteiger partial charge in [0, 0.05) is 18.4 Å². The predicted molar refractivity (Wildman–Crippen MR) is 145 cm³/mol. The van der Waals surface area contributed by atoms with Crippen molar-refractivity contribution < 1.29 is 4.79 Å². The van der Waals surface area contributed by atoms with Crippen LogP contribution in [0.1, 0.15) is 35.2 Å². The summed E-state index contributed by atoms with van der Waals surface area (Å²) in [5, 5.41) is 9.24. The number of hydrogen-bond donors (Lipinski definition) is 0. The number of benzene rings is 3. The molecule has 5 heteroatoms. The third-order valence-corrected chi connectivity index (χ3v) is 7.92. The fourth-order valence-electron chi connectivity index (χ4n) is 5.81. The summed E-state index contributed by atoms with van der Waals surface area (Å²) in [7, 11) is 0. The number of pyridine rings is 1. The normalized spacial score (nSPS) is 16.5. The van der Waals surface area contributed by atoms with E-state index >= 15 is 0 Å². The second kappa shape index (κ2) is 9.31. The molecular weight excluding hydrogens is 456 g/mol. The summed E-state index contributed by atoms with van der Waals surface area (Å²) in [5.74, 6) is 0.168. The molecule has 1 saturated heterocycles. The molecule has 0 unspecified atom stereocenters. The van der Waals surface area contributed by atoms with Gasteiger partial charge in [-0.2, -0.15) is 5.26 Å². The Labute approximate surface area is 217 Å². The van der Waals surface area contributed by atoms with Crippen molar-refractivity contribution >= 4 is 17.3 Å². The first-order chi connectivity index (χ1) is 18.1. The van der Waals surface area contributed by atoms with Crippen molar-refractivity contribution in [3.8, 4) is 17.2 Å². The lowest BCUT2D eigenvalue weighted by Crippen LogP contribution is -2.47. The number of hydrogen-bond acceptors (Lipinski definition) is 4. The van der Waals surface area contributed by atoms with E-state index in [9.17, 15) is 10.1 Å². The SMILES string of the molecule is Cc1cccnc1CN1CCC2(CC1)C(=O)N(c1ccc(-c3cccc(C#N)c3)cc1)c1ccccc12. The largest absolute Gasteiger partial charge is 0.297 e. The van der Waals surface area contributed by atoms with E-state index < -0.39 is 5.41 Å². The Hall–Kier alpha value is -4.27. The molecule has 1 amide bonds. The molecule has 6 rings (SSSR count). The van der Waals surface area contributed by atoms with Crippen molar-refractivity contribution in [2.24, 2.45) is 0 Å². The van der Waals surface area contributed by atoms with Crippen molar-refractivity contribution in [1.82, 2.24) is 9.88 Å². The first-order valence-corrected chi connectivity index (χ1v) is 12.8. The number of carbonyl (C=O) groups is 1. The minimum atomic E-state index is -0.494. The van der Waals surface area contributed by atoms with Crippen LogP contribution < -0.4 is 4.90 Å². The van der Waals surface area contributed by atoms with Gasteiger partial charge in [0.25, 0.3) is 0 Å². The molecule has 1 spiro atoms. The Kier molecular flexibility index (Phi) is 5.82. The highest BCUT2D eigenvalue weighted by Crippen LogP contribution is 2.50. The predicted octanol–water partition coefficient (Wildman–Crippen LogP) is 6.14. The van der Waals surface area contributed by atoms with E-state index in [4.69, 9.17) is 0 Å². The highest BCUT2D eigenvalue weighted by atomic mass is 16.2. The van der Waals surface area contributed by atoms with Crippen LogP contribution in [0.5, 0.6) is 0 Å². The summed E-state index contributed by atoms with van der Waals surface area (Å²) in [6, 6.07) is 30.2. The number of piperidine rings is 1. The molecule has 0 bridgehead atoms. The van der Waals surface area contributed by atoms with Gasteiger partial charge in [0.2, 0.25) is 5.91 Å². The molecule has 0 radical (unpaired) electrons. The standard InChI is InChI=1S/C32H28N4O/c1-23-6-5-17-34-29(23)22-35-18-15-32(16-19-35)28-9-2-3-10-30(28)36(31(32)37)27-13-11-25(12-14-27)26-8-4-7-24(20-26)21-33/h2-14,17,20H,15-16,18-19,22H2,1H3. The summed E-state index contributed by atoms with van der Waals surface area (Å²) >= 11 is 0. The number of carbonyl (C=O) groups excluding carboxylic acids is 1. The lowest BCUT2D eigenvalue weighted by Gasteiger charge is -2.38. The van der Waals surface area contributed by atoms with Gasteiger partial charge in [-0.25, -0.2) is 0 Å². The molecule has 5 nitrogen and oxygen atoms in total. The third kappa shape index (κ3) is 4.00. The number of para-hydroxylation sites is 1. The van der Waals surface area contributed by atoms with E-state index in [1.165, 1.54) is 5.56 Å². The van der Waals surface area contributed by atoms with Gasteiger partial charge in [0.05, 0.1) is 28.4 Å². The molecule has 0 saturated carbocycles. The van der Waals surface area contributed by atoms with Gasteiger partial charge in [-0.15, -0.1) is 0 Å². The molecule has 0 N–H and O–H groups in total. The van der Waals surface area contributed by atoms with Crippen LogP contribution in [-0.2, 0) is 16.8 Å². The molecule has 1 aromatic heterocycles. The highest BCUT2D eigenvalue weighted by Gasteiger charge is 2.52. The number of aromatic nitrogens is 1. The average Bonchev–Trinajstić information content (AvgIpc) is 3.18. The number of fused-ring (bicyclic) bond motifs is 2. The van der Waals surface area contributed by atoms with Crippen LogP contribution in [0, 0.1) is 18.3 Å². The second-order valence-corrected chi connectivity index (χ2v) is 10.0. The molecular formula is C32H28N4O. The topological polar surface area (TPSA) is 60.2 Å². The second-order valence-electron chi connectivity index (χ2n) is 10.0. The molecule has 1 fully saturated rings. The van der Waals surface area contributed by atoms with Gasteiger partial charge in [-0.1, -0.05) is 48.5 Å². The maximum absolute atomic E-state index is 14.2. The molecule has 37 heavy (non-hydrogen) atoms. The van der Waals surface area contributed by atoms with E-state index in [1.807, 2.05) is 71.8 Å². The Morgan fingerprint density at radius 3 is 2.46 bits per heavy atom. The Bertz CT molecular complexity index is 1510. The lowest BCUT2D eigenvalue weighted by molar-refractivity contribution is -0.124. The summed E-state index contributed by atoms with van der Waals surface area (Å²) in [4.78, 5) is 23.1. The zero-order valence-corrected chi connectivity index (χ0v) is 20.9. The van der Waals surface area contributed by atoms with Gasteiger partial charge in [-0.3, -0.25) is 19.6 Å². The number of amides is 1. The molecule has 4 aromatic rings. The van der Waals surface area contributed by atoms with Crippen LogP contribution in [0.15, 0.2) is 91.1 Å². The zero-order valence-electron chi connectivity index (χ0n) is 20.9. The number of likely N-dealkylation sites (tertiary alicyclic amines) is 1. The number of aryl methyl sites for hydroxylation is 1. The maximum Gasteiger partial charge on any atom is 0.242 e. The Morgan fingerprint density at radius 1 is 0.919 bits per heavy atom. The summed E-state index contributed by atoms with van der Waals surface area (Å²) in [5.41, 5.74) is 7.47. The quantitative estimate of drug-likeness (QED) is 0.349. The zero-order chi connectivity index (χ0) is 25.4. The number of nitrogens with zero attached hydrogens (tertiary/aromatic N) is 4. The Morgan fingerprint density at radius 2 is 1.70 bits per heavy atom. The average molecular weight is 485 g/mol. The maximum atomic E-state index is 14.2. The first-order valence-electron chi connectivity index (χ1n) is 12.8. The molecule has 0 atom stereocenters. The minimum Gasteiger partial charge on any atom is -0.297 e. The molecule has 3 heterocycles. The van der Waals surface area contributed by atoms with Gasteiger partial charge < -0.3 is 0 Å². The lowest BCUT2D eigenvalue weighted by atomic mass is 9.73. The van der Waals surface area contributed by atoms with E-state index in [1.54, 1.807) is 6.07 Å². The minimum absolute atomic E-state index is 0.168. The van der Waals surface area contributed by atoms with E-state index in [2.05, 4.69) is 41.1 Å². The molecule has 2 aliphatic heterocycles. The van der Waals surface area contributed by atoms with Gasteiger partial charge in [-0.05, 0) is 91.5 Å². The number of anilines is 2. The van der Waals surface area contributed by atoms with Crippen molar-refractivity contribution in [2.75, 3.05) is 18.0 Å². The van der Waals surface area contributed by atoms with Gasteiger partial charge in [0.1, 0.15) is 0 Å². The fourth-order valence-corrected chi connectivity index (χ4v) is 5.81. The summed E-state index contributed by atoms with van der Waals surface area (Å²) < 4.78 is 0. The van der Waals surface area contributed by atoms with Crippen molar-refractivity contribution in [3.05, 3.63) is 114 Å². The van der Waals surface area contributed by atoms with Crippen molar-refractivity contribution in [2.45, 2.75) is 31.7 Å². The highest BCUT2D eigenvalue weighted by molar-refractivity contribution is 6.13. The van der Waals surface area contributed by atoms with E-state index in [-0.39, 0.29) is 5.91 Å². The molecule has 182 valence electrons. The van der Waals surface area contributed by atoms with Crippen LogP contribution in [-0.4, -0.2) is 28.9 Å².